The number of carbonyl (C=O) groups is 1. The van der Waals surface area contributed by atoms with Crippen LogP contribution in [0.4, 0.5) is 0 Å². The van der Waals surface area contributed by atoms with E-state index in [1.165, 1.54) is 0 Å². The minimum atomic E-state index is -0.942. The molecule has 0 aliphatic heterocycles. The van der Waals surface area contributed by atoms with Crippen molar-refractivity contribution in [2.24, 2.45) is 0 Å². The Morgan fingerprint density at radius 1 is 1.44 bits per heavy atom. The molecule has 0 radical (unpaired) electrons. The third-order valence-corrected chi connectivity index (χ3v) is 2.18. The summed E-state index contributed by atoms with van der Waals surface area (Å²) in [6.45, 7) is 2.57. The van der Waals surface area contributed by atoms with Crippen molar-refractivity contribution < 1.29 is 14.7 Å². The molecule has 1 atom stereocenters. The predicted molar refractivity (Wildman–Crippen MR) is 60.8 cm³/mol. The van der Waals surface area contributed by atoms with Crippen LogP contribution in [0.15, 0.2) is 30.3 Å². The highest BCUT2D eigenvalue weighted by Crippen LogP contribution is 2.12. The van der Waals surface area contributed by atoms with E-state index in [9.17, 15) is 4.79 Å². The van der Waals surface area contributed by atoms with Crippen LogP contribution >= 0.6 is 0 Å². The summed E-state index contributed by atoms with van der Waals surface area (Å²) in [6.07, 6.45) is 1.93. The average Bonchev–Trinajstić information content (AvgIpc) is 2.30. The summed E-state index contributed by atoms with van der Waals surface area (Å²) in [5.74, 6) is -0.942. The number of carboxylic acid groups (broad SMARTS) is 1. The van der Waals surface area contributed by atoms with Gasteiger partial charge in [0.25, 0.3) is 0 Å². The molecule has 1 aromatic rings. The van der Waals surface area contributed by atoms with Crippen LogP contribution in [0.5, 0.6) is 0 Å². The van der Waals surface area contributed by atoms with E-state index in [0.29, 0.717) is 12.2 Å². The molecule has 88 valence electrons. The van der Waals surface area contributed by atoms with Crippen molar-refractivity contribution in [1.82, 2.24) is 5.48 Å². The van der Waals surface area contributed by atoms with Gasteiger partial charge >= 0.3 is 5.97 Å². The van der Waals surface area contributed by atoms with Crippen molar-refractivity contribution in [3.63, 3.8) is 0 Å². The maximum absolute atomic E-state index is 11.0. The third kappa shape index (κ3) is 4.00. The smallest absolute Gasteiger partial charge is 0.327 e. The largest absolute Gasteiger partial charge is 0.480 e. The number of hydrogen-bond acceptors (Lipinski definition) is 3. The minimum absolute atomic E-state index is 0.521. The number of hydrogen-bond donors (Lipinski definition) is 2. The van der Waals surface area contributed by atoms with Crippen LogP contribution in [0.25, 0.3) is 0 Å². The summed E-state index contributed by atoms with van der Waals surface area (Å²) in [7, 11) is 0. The zero-order valence-electron chi connectivity index (χ0n) is 9.35. The number of nitrogens with one attached hydrogen (secondary N) is 1. The summed E-state index contributed by atoms with van der Waals surface area (Å²) < 4.78 is 0. The van der Waals surface area contributed by atoms with E-state index in [-0.39, 0.29) is 0 Å². The predicted octanol–water partition coefficient (Wildman–Crippen LogP) is 2.13. The molecule has 1 unspecified atom stereocenters. The van der Waals surface area contributed by atoms with Crippen molar-refractivity contribution in [1.29, 1.82) is 0 Å². The Morgan fingerprint density at radius 2 is 2.12 bits per heavy atom. The minimum Gasteiger partial charge on any atom is -0.480 e. The van der Waals surface area contributed by atoms with Gasteiger partial charge in [-0.1, -0.05) is 43.7 Å². The molecule has 0 spiro atoms. The number of benzene rings is 1. The number of aliphatic carboxylic acids is 1. The maximum atomic E-state index is 11.0. The number of rotatable bonds is 7. The Labute approximate surface area is 95.2 Å². The summed E-state index contributed by atoms with van der Waals surface area (Å²) in [5, 5.41) is 9.04. The molecule has 0 saturated heterocycles. The molecular weight excluding hydrogens is 206 g/mol. The van der Waals surface area contributed by atoms with Crippen molar-refractivity contribution in [2.45, 2.75) is 25.8 Å². The first kappa shape index (κ1) is 12.7. The molecule has 0 saturated carbocycles. The number of hydroxylamine groups is 1. The van der Waals surface area contributed by atoms with Crippen LogP contribution < -0.4 is 5.48 Å². The Hall–Kier alpha value is -1.39. The van der Waals surface area contributed by atoms with Gasteiger partial charge in [-0.15, -0.1) is 0 Å². The number of carboxylic acids is 1. The van der Waals surface area contributed by atoms with Gasteiger partial charge in [0, 0.05) is 0 Å². The highest BCUT2D eigenvalue weighted by molar-refractivity contribution is 5.75. The van der Waals surface area contributed by atoms with E-state index in [1.54, 1.807) is 24.3 Å². The van der Waals surface area contributed by atoms with Gasteiger partial charge < -0.3 is 9.94 Å². The lowest BCUT2D eigenvalue weighted by Crippen LogP contribution is -2.29. The Bertz CT molecular complexity index is 313. The first-order valence-electron chi connectivity index (χ1n) is 5.40. The van der Waals surface area contributed by atoms with Crippen LogP contribution in [0, 0.1) is 0 Å². The Morgan fingerprint density at radius 3 is 2.69 bits per heavy atom. The van der Waals surface area contributed by atoms with E-state index in [1.807, 2.05) is 6.07 Å². The Kier molecular flexibility index (Phi) is 5.53. The van der Waals surface area contributed by atoms with Gasteiger partial charge in [0.1, 0.15) is 0 Å². The van der Waals surface area contributed by atoms with Crippen LogP contribution in [0.3, 0.4) is 0 Å². The Balaban J connectivity index is 2.52. The molecule has 0 aliphatic carbocycles. The zero-order valence-corrected chi connectivity index (χ0v) is 9.35. The third-order valence-electron chi connectivity index (χ3n) is 2.18. The molecule has 0 heterocycles. The van der Waals surface area contributed by atoms with Crippen LogP contribution in [-0.4, -0.2) is 17.7 Å². The van der Waals surface area contributed by atoms with Crippen LogP contribution in [0.2, 0.25) is 0 Å². The van der Waals surface area contributed by atoms with Crippen molar-refractivity contribution in [2.75, 3.05) is 6.61 Å². The van der Waals surface area contributed by atoms with E-state index >= 15 is 0 Å². The quantitative estimate of drug-likeness (QED) is 0.549. The fourth-order valence-corrected chi connectivity index (χ4v) is 1.27. The topological polar surface area (TPSA) is 58.6 Å². The highest BCUT2D eigenvalue weighted by Gasteiger charge is 2.18. The summed E-state index contributed by atoms with van der Waals surface area (Å²) >= 11 is 0. The van der Waals surface area contributed by atoms with Crippen molar-refractivity contribution >= 4 is 5.97 Å². The lowest BCUT2D eigenvalue weighted by atomic mass is 10.1. The van der Waals surface area contributed by atoms with Gasteiger partial charge in [0.05, 0.1) is 6.61 Å². The SMILES string of the molecule is CCCCONC(C(=O)O)c1ccccc1. The lowest BCUT2D eigenvalue weighted by Gasteiger charge is -2.14. The molecule has 1 rings (SSSR count). The molecule has 0 amide bonds. The second kappa shape index (κ2) is 6.98. The second-order valence-electron chi connectivity index (χ2n) is 3.50. The van der Waals surface area contributed by atoms with Gasteiger partial charge in [0.15, 0.2) is 6.04 Å². The molecule has 0 fully saturated rings. The monoisotopic (exact) mass is 223 g/mol. The summed E-state index contributed by atoms with van der Waals surface area (Å²) in [5.41, 5.74) is 3.26. The maximum Gasteiger partial charge on any atom is 0.327 e. The molecule has 16 heavy (non-hydrogen) atoms. The second-order valence-corrected chi connectivity index (χ2v) is 3.50. The van der Waals surface area contributed by atoms with Gasteiger partial charge in [-0.25, -0.2) is 0 Å². The normalized spacial score (nSPS) is 12.3. The van der Waals surface area contributed by atoms with Crippen LogP contribution in [0.1, 0.15) is 31.4 Å². The van der Waals surface area contributed by atoms with Gasteiger partial charge in [-0.3, -0.25) is 4.79 Å². The number of unbranched alkanes of at least 4 members (excludes halogenated alkanes) is 1. The molecule has 0 bridgehead atoms. The standard InChI is InChI=1S/C12H17NO3/c1-2-3-9-16-13-11(12(14)15)10-7-5-4-6-8-10/h4-8,11,13H,2-3,9H2,1H3,(H,14,15). The van der Waals surface area contributed by atoms with Crippen LogP contribution in [-0.2, 0) is 9.63 Å². The summed E-state index contributed by atoms with van der Waals surface area (Å²) in [4.78, 5) is 16.1. The van der Waals surface area contributed by atoms with Crippen molar-refractivity contribution in [3.8, 4) is 0 Å². The molecule has 2 N–H and O–H groups in total. The molecule has 0 aliphatic rings. The molecule has 4 heteroatoms. The van der Waals surface area contributed by atoms with Gasteiger partial charge in [-0.2, -0.15) is 5.48 Å². The van der Waals surface area contributed by atoms with Crippen molar-refractivity contribution in [3.05, 3.63) is 35.9 Å². The van der Waals surface area contributed by atoms with E-state index in [4.69, 9.17) is 9.94 Å². The summed E-state index contributed by atoms with van der Waals surface area (Å²) in [6, 6.07) is 8.17. The first-order chi connectivity index (χ1) is 7.75. The fraction of sp³-hybridized carbons (Fsp3) is 0.417. The molecular formula is C12H17NO3. The van der Waals surface area contributed by atoms with Gasteiger partial charge in [-0.05, 0) is 12.0 Å². The lowest BCUT2D eigenvalue weighted by molar-refractivity contribution is -0.144. The molecule has 1 aromatic carbocycles. The zero-order chi connectivity index (χ0) is 11.8. The first-order valence-corrected chi connectivity index (χ1v) is 5.40. The van der Waals surface area contributed by atoms with E-state index in [0.717, 1.165) is 12.8 Å². The van der Waals surface area contributed by atoms with E-state index in [2.05, 4.69) is 12.4 Å². The molecule has 4 nitrogen and oxygen atoms in total. The molecule has 0 aromatic heterocycles. The highest BCUT2D eigenvalue weighted by atomic mass is 16.6. The van der Waals surface area contributed by atoms with E-state index < -0.39 is 12.0 Å². The van der Waals surface area contributed by atoms with Gasteiger partial charge in [0.2, 0.25) is 0 Å². The fourth-order valence-electron chi connectivity index (χ4n) is 1.27. The average molecular weight is 223 g/mol.